The van der Waals surface area contributed by atoms with Crippen molar-refractivity contribution in [3.05, 3.63) is 40.9 Å². The summed E-state index contributed by atoms with van der Waals surface area (Å²) >= 11 is 1.43. The van der Waals surface area contributed by atoms with E-state index in [0.717, 1.165) is 23.7 Å². The van der Waals surface area contributed by atoms with Gasteiger partial charge in [0.1, 0.15) is 6.04 Å². The fourth-order valence-corrected chi connectivity index (χ4v) is 3.71. The molecule has 27 heavy (non-hydrogen) atoms. The molecule has 1 aromatic heterocycles. The van der Waals surface area contributed by atoms with E-state index in [1.165, 1.54) is 17.0 Å². The summed E-state index contributed by atoms with van der Waals surface area (Å²) in [6.45, 7) is 8.34. The molecule has 1 aromatic carbocycles. The zero-order valence-corrected chi connectivity index (χ0v) is 16.7. The molecule has 1 fully saturated rings. The Morgan fingerprint density at radius 1 is 1.11 bits per heavy atom. The molecule has 2 aromatic rings. The molecule has 1 atom stereocenters. The van der Waals surface area contributed by atoms with Crippen LogP contribution >= 0.6 is 11.3 Å². The van der Waals surface area contributed by atoms with E-state index in [1.807, 2.05) is 32.0 Å². The van der Waals surface area contributed by atoms with E-state index in [0.29, 0.717) is 18.2 Å². The topological polar surface area (TPSA) is 77.6 Å². The van der Waals surface area contributed by atoms with Gasteiger partial charge in [0, 0.05) is 36.7 Å². The number of carbonyl (C=O) groups excluding carboxylic acids is 2. The number of aromatic nitrogens is 1. The predicted molar refractivity (Wildman–Crippen MR) is 108 cm³/mol. The van der Waals surface area contributed by atoms with Gasteiger partial charge in [-0.3, -0.25) is 4.79 Å². The van der Waals surface area contributed by atoms with Gasteiger partial charge in [0.05, 0.1) is 5.69 Å². The Kier molecular flexibility index (Phi) is 5.95. The van der Waals surface area contributed by atoms with Crippen molar-refractivity contribution in [3.8, 4) is 0 Å². The van der Waals surface area contributed by atoms with Gasteiger partial charge >= 0.3 is 6.03 Å². The Balaban J connectivity index is 1.48. The average molecular weight is 388 g/mol. The molecule has 0 spiro atoms. The number of aryl methyl sites for hydroxylation is 2. The normalized spacial score (nSPS) is 15.4. The second-order valence-corrected chi connectivity index (χ2v) is 7.83. The molecule has 1 aliphatic heterocycles. The van der Waals surface area contributed by atoms with Crippen molar-refractivity contribution in [3.63, 3.8) is 0 Å². The summed E-state index contributed by atoms with van der Waals surface area (Å²) < 4.78 is 0. The molecule has 144 valence electrons. The number of piperazine rings is 1. The van der Waals surface area contributed by atoms with E-state index in [4.69, 9.17) is 0 Å². The van der Waals surface area contributed by atoms with Crippen molar-refractivity contribution in [2.24, 2.45) is 0 Å². The molecule has 0 aliphatic carbocycles. The van der Waals surface area contributed by atoms with Crippen LogP contribution in [-0.4, -0.2) is 54.0 Å². The van der Waals surface area contributed by atoms with Crippen LogP contribution in [0, 0.1) is 13.8 Å². The summed E-state index contributed by atoms with van der Waals surface area (Å²) in [4.78, 5) is 34.1. The highest BCUT2D eigenvalue weighted by Crippen LogP contribution is 2.21. The van der Waals surface area contributed by atoms with Crippen LogP contribution in [0.25, 0.3) is 0 Å². The minimum atomic E-state index is -0.630. The number of benzene rings is 1. The highest BCUT2D eigenvalue weighted by Gasteiger charge is 2.24. The molecule has 0 saturated carbocycles. The SMILES string of the molecule is Cc1nc(NC(=O)C(C)NC(=O)N2CCN(c3ccccc3)CC2)sc1C. The molecule has 8 heteroatoms. The molecule has 2 N–H and O–H groups in total. The second kappa shape index (κ2) is 8.39. The van der Waals surface area contributed by atoms with Gasteiger partial charge in [-0.2, -0.15) is 0 Å². The van der Waals surface area contributed by atoms with Gasteiger partial charge in [-0.1, -0.05) is 18.2 Å². The second-order valence-electron chi connectivity index (χ2n) is 6.63. The largest absolute Gasteiger partial charge is 0.368 e. The van der Waals surface area contributed by atoms with E-state index in [-0.39, 0.29) is 11.9 Å². The van der Waals surface area contributed by atoms with E-state index in [9.17, 15) is 9.59 Å². The maximum atomic E-state index is 12.5. The highest BCUT2D eigenvalue weighted by molar-refractivity contribution is 7.15. The van der Waals surface area contributed by atoms with Crippen molar-refractivity contribution in [1.29, 1.82) is 0 Å². The maximum absolute atomic E-state index is 12.5. The van der Waals surface area contributed by atoms with Crippen molar-refractivity contribution in [2.45, 2.75) is 26.8 Å². The van der Waals surface area contributed by atoms with E-state index < -0.39 is 6.04 Å². The van der Waals surface area contributed by atoms with Gasteiger partial charge in [0.25, 0.3) is 0 Å². The minimum absolute atomic E-state index is 0.211. The number of hydrogen-bond acceptors (Lipinski definition) is 5. The van der Waals surface area contributed by atoms with Gasteiger partial charge in [0.15, 0.2) is 5.13 Å². The number of urea groups is 1. The molecule has 7 nitrogen and oxygen atoms in total. The molecular weight excluding hydrogens is 362 g/mol. The van der Waals surface area contributed by atoms with Crippen LogP contribution in [0.3, 0.4) is 0 Å². The quantitative estimate of drug-likeness (QED) is 0.845. The van der Waals surface area contributed by atoms with Crippen LogP contribution in [0.15, 0.2) is 30.3 Å². The Bertz CT molecular complexity index is 780. The molecule has 1 aliphatic rings. The zero-order valence-electron chi connectivity index (χ0n) is 15.9. The zero-order chi connectivity index (χ0) is 19.4. The monoisotopic (exact) mass is 387 g/mol. The smallest absolute Gasteiger partial charge is 0.318 e. The van der Waals surface area contributed by atoms with Crippen molar-refractivity contribution >= 4 is 34.1 Å². The maximum Gasteiger partial charge on any atom is 0.318 e. The van der Waals surface area contributed by atoms with Gasteiger partial charge in [-0.15, -0.1) is 11.3 Å². The van der Waals surface area contributed by atoms with Crippen LogP contribution in [-0.2, 0) is 4.79 Å². The number of anilines is 2. The summed E-state index contributed by atoms with van der Waals surface area (Å²) in [5.41, 5.74) is 2.07. The first-order valence-corrected chi connectivity index (χ1v) is 9.86. The van der Waals surface area contributed by atoms with Crippen molar-refractivity contribution < 1.29 is 9.59 Å². The van der Waals surface area contributed by atoms with Crippen LogP contribution in [0.5, 0.6) is 0 Å². The van der Waals surface area contributed by atoms with Crippen molar-refractivity contribution in [1.82, 2.24) is 15.2 Å². The molecule has 1 unspecified atom stereocenters. The fourth-order valence-electron chi connectivity index (χ4n) is 2.89. The predicted octanol–water partition coefficient (Wildman–Crippen LogP) is 2.62. The first-order chi connectivity index (χ1) is 12.9. The number of carbonyl (C=O) groups is 2. The Morgan fingerprint density at radius 2 is 1.78 bits per heavy atom. The number of para-hydroxylation sites is 1. The molecule has 1 saturated heterocycles. The van der Waals surface area contributed by atoms with Crippen molar-refractivity contribution in [2.75, 3.05) is 36.4 Å². The van der Waals surface area contributed by atoms with Crippen LogP contribution in [0.4, 0.5) is 15.6 Å². The minimum Gasteiger partial charge on any atom is -0.368 e. The molecule has 0 radical (unpaired) electrons. The number of rotatable bonds is 4. The van der Waals surface area contributed by atoms with Crippen LogP contribution in [0.2, 0.25) is 0 Å². The lowest BCUT2D eigenvalue weighted by Crippen LogP contribution is -2.54. The summed E-state index contributed by atoms with van der Waals surface area (Å²) in [6.07, 6.45) is 0. The number of amides is 3. The third-order valence-corrected chi connectivity index (χ3v) is 5.67. The van der Waals surface area contributed by atoms with Gasteiger partial charge in [-0.05, 0) is 32.9 Å². The molecule has 2 heterocycles. The lowest BCUT2D eigenvalue weighted by atomic mass is 10.2. The van der Waals surface area contributed by atoms with Gasteiger partial charge in [-0.25, -0.2) is 9.78 Å². The summed E-state index contributed by atoms with van der Waals surface area (Å²) in [6, 6.07) is 9.33. The lowest BCUT2D eigenvalue weighted by molar-refractivity contribution is -0.117. The Morgan fingerprint density at radius 3 is 2.37 bits per heavy atom. The summed E-state index contributed by atoms with van der Waals surface area (Å²) in [5.74, 6) is -0.264. The number of nitrogens with one attached hydrogen (secondary N) is 2. The highest BCUT2D eigenvalue weighted by atomic mass is 32.1. The van der Waals surface area contributed by atoms with Crippen LogP contribution < -0.4 is 15.5 Å². The average Bonchev–Trinajstić information content (AvgIpc) is 2.99. The van der Waals surface area contributed by atoms with E-state index in [2.05, 4.69) is 32.7 Å². The lowest BCUT2D eigenvalue weighted by Gasteiger charge is -2.36. The van der Waals surface area contributed by atoms with E-state index in [1.54, 1.807) is 11.8 Å². The Labute approximate surface area is 163 Å². The molecule has 0 bridgehead atoms. The fraction of sp³-hybridized carbons (Fsp3) is 0.421. The van der Waals surface area contributed by atoms with E-state index >= 15 is 0 Å². The standard InChI is InChI=1S/C19H25N5O2S/c1-13-15(3)27-18(20-13)22-17(25)14(2)21-19(26)24-11-9-23(10-12-24)16-7-5-4-6-8-16/h4-8,14H,9-12H2,1-3H3,(H,21,26)(H,20,22,25). The third-order valence-electron chi connectivity index (χ3n) is 4.68. The van der Waals surface area contributed by atoms with Crippen LogP contribution in [0.1, 0.15) is 17.5 Å². The summed E-state index contributed by atoms with van der Waals surface area (Å²) in [5, 5.41) is 6.11. The van der Waals surface area contributed by atoms with Gasteiger partial charge in [0.2, 0.25) is 5.91 Å². The first-order valence-electron chi connectivity index (χ1n) is 9.04. The number of thiazole rings is 1. The summed E-state index contributed by atoms with van der Waals surface area (Å²) in [7, 11) is 0. The molecule has 3 rings (SSSR count). The molecular formula is C19H25N5O2S. The number of nitrogens with zero attached hydrogens (tertiary/aromatic N) is 3. The first kappa shape index (κ1) is 19.2. The van der Waals surface area contributed by atoms with Gasteiger partial charge < -0.3 is 20.4 Å². The molecule has 3 amide bonds. The third kappa shape index (κ3) is 4.77. The Hall–Kier alpha value is -2.61. The number of hydrogen-bond donors (Lipinski definition) is 2.